The number of thiazole rings is 1. The number of nitrogens with zero attached hydrogens (tertiary/aromatic N) is 1. The Labute approximate surface area is 83.4 Å². The Hall–Kier alpha value is -1.23. The van der Waals surface area contributed by atoms with E-state index in [9.17, 15) is 8.78 Å². The normalized spacial score (nSPS) is 12.2. The molecule has 0 aliphatic rings. The lowest BCUT2D eigenvalue weighted by molar-refractivity contribution is 0.0176. The molecule has 0 aliphatic carbocycles. The summed E-state index contributed by atoms with van der Waals surface area (Å²) in [5.74, 6) is -2.81. The molecule has 0 atom stereocenters. The van der Waals surface area contributed by atoms with Gasteiger partial charge in [-0.3, -0.25) is 0 Å². The minimum atomic E-state index is -2.81. The molecule has 0 spiro atoms. The molecule has 2 aromatic rings. The fourth-order valence-electron chi connectivity index (χ4n) is 1.22. The molecule has 0 saturated heterocycles. The van der Waals surface area contributed by atoms with E-state index in [1.807, 2.05) is 0 Å². The molecule has 0 radical (unpaired) electrons. The average Bonchev–Trinajstić information content (AvgIpc) is 2.41. The quantitative estimate of drug-likeness (QED) is 0.792. The van der Waals surface area contributed by atoms with E-state index in [0.717, 1.165) is 6.92 Å². The van der Waals surface area contributed by atoms with E-state index < -0.39 is 5.92 Å². The van der Waals surface area contributed by atoms with Crippen molar-refractivity contribution in [3.05, 3.63) is 23.8 Å². The molecule has 0 aliphatic heterocycles. The van der Waals surface area contributed by atoms with Crippen LogP contribution in [-0.2, 0) is 5.92 Å². The van der Waals surface area contributed by atoms with Gasteiger partial charge in [0.1, 0.15) is 0 Å². The first kappa shape index (κ1) is 9.33. The van der Waals surface area contributed by atoms with Crippen molar-refractivity contribution in [1.29, 1.82) is 0 Å². The summed E-state index contributed by atoms with van der Waals surface area (Å²) in [6.45, 7) is 0.874. The zero-order chi connectivity index (χ0) is 10.3. The zero-order valence-corrected chi connectivity index (χ0v) is 8.24. The Morgan fingerprint density at radius 1 is 1.43 bits per heavy atom. The molecule has 0 unspecified atom stereocenters. The van der Waals surface area contributed by atoms with Crippen LogP contribution in [0.5, 0.6) is 0 Å². The van der Waals surface area contributed by atoms with E-state index in [-0.39, 0.29) is 5.56 Å². The summed E-state index contributed by atoms with van der Waals surface area (Å²) in [6.07, 6.45) is 0. The second-order valence-corrected chi connectivity index (χ2v) is 4.19. The largest absolute Gasteiger partial charge is 0.375 e. The Morgan fingerprint density at radius 2 is 2.14 bits per heavy atom. The number of hydrogen-bond acceptors (Lipinski definition) is 3. The van der Waals surface area contributed by atoms with Crippen molar-refractivity contribution in [3.8, 4) is 0 Å². The van der Waals surface area contributed by atoms with Crippen LogP contribution in [0.2, 0.25) is 0 Å². The van der Waals surface area contributed by atoms with Gasteiger partial charge in [-0.15, -0.1) is 0 Å². The highest BCUT2D eigenvalue weighted by molar-refractivity contribution is 7.22. The molecule has 2 nitrogen and oxygen atoms in total. The number of fused-ring (bicyclic) bond motifs is 1. The van der Waals surface area contributed by atoms with Crippen molar-refractivity contribution in [2.75, 3.05) is 5.73 Å². The Kier molecular flexibility index (Phi) is 1.92. The number of aromatic nitrogens is 1. The number of hydrogen-bond donors (Lipinski definition) is 1. The van der Waals surface area contributed by atoms with Gasteiger partial charge in [-0.05, 0) is 12.1 Å². The maximum Gasteiger partial charge on any atom is 0.270 e. The minimum absolute atomic E-state index is 0.00588. The molecule has 2 rings (SSSR count). The maximum atomic E-state index is 12.9. The zero-order valence-electron chi connectivity index (χ0n) is 7.42. The van der Waals surface area contributed by atoms with Gasteiger partial charge in [0, 0.05) is 12.5 Å². The predicted octanol–water partition coefficient (Wildman–Crippen LogP) is 2.99. The van der Waals surface area contributed by atoms with Crippen LogP contribution < -0.4 is 5.73 Å². The van der Waals surface area contributed by atoms with Crippen LogP contribution in [-0.4, -0.2) is 4.98 Å². The van der Waals surface area contributed by atoms with Crippen LogP contribution in [0.3, 0.4) is 0 Å². The third-order valence-electron chi connectivity index (χ3n) is 1.91. The van der Waals surface area contributed by atoms with E-state index in [4.69, 9.17) is 5.73 Å². The molecule has 1 aromatic heterocycles. The van der Waals surface area contributed by atoms with Crippen molar-refractivity contribution in [2.24, 2.45) is 0 Å². The lowest BCUT2D eigenvalue weighted by Crippen LogP contribution is -2.05. The molecule has 0 saturated carbocycles. The smallest absolute Gasteiger partial charge is 0.270 e. The lowest BCUT2D eigenvalue weighted by atomic mass is 10.1. The van der Waals surface area contributed by atoms with Gasteiger partial charge in [-0.25, -0.2) is 13.8 Å². The number of nitrogens with two attached hydrogens (primary N) is 1. The van der Waals surface area contributed by atoms with Crippen LogP contribution >= 0.6 is 11.3 Å². The monoisotopic (exact) mass is 214 g/mol. The van der Waals surface area contributed by atoms with Gasteiger partial charge in [-0.1, -0.05) is 17.4 Å². The molecular weight excluding hydrogens is 206 g/mol. The van der Waals surface area contributed by atoms with Crippen LogP contribution in [0.1, 0.15) is 12.5 Å². The van der Waals surface area contributed by atoms with Gasteiger partial charge in [-0.2, -0.15) is 0 Å². The first-order valence-corrected chi connectivity index (χ1v) is 4.83. The summed E-state index contributed by atoms with van der Waals surface area (Å²) in [7, 11) is 0. The summed E-state index contributed by atoms with van der Waals surface area (Å²) < 4.78 is 26.6. The molecule has 2 N–H and O–H groups in total. The second kappa shape index (κ2) is 2.88. The van der Waals surface area contributed by atoms with Gasteiger partial charge < -0.3 is 5.73 Å². The lowest BCUT2D eigenvalue weighted by Gasteiger charge is -2.09. The van der Waals surface area contributed by atoms with Crippen LogP contribution in [0, 0.1) is 0 Å². The molecule has 74 valence electrons. The van der Waals surface area contributed by atoms with E-state index in [1.54, 1.807) is 6.07 Å². The summed E-state index contributed by atoms with van der Waals surface area (Å²) in [5.41, 5.74) is 6.13. The molecule has 1 aromatic carbocycles. The minimum Gasteiger partial charge on any atom is -0.375 e. The van der Waals surface area contributed by atoms with E-state index >= 15 is 0 Å². The van der Waals surface area contributed by atoms with Gasteiger partial charge in [0.15, 0.2) is 5.13 Å². The number of alkyl halides is 2. The molecule has 14 heavy (non-hydrogen) atoms. The Balaban J connectivity index is 2.62. The highest BCUT2D eigenvalue weighted by Crippen LogP contribution is 2.32. The van der Waals surface area contributed by atoms with Crippen molar-refractivity contribution in [2.45, 2.75) is 12.8 Å². The second-order valence-electron chi connectivity index (χ2n) is 3.12. The molecule has 5 heteroatoms. The third-order valence-corrected chi connectivity index (χ3v) is 2.76. The molecule has 1 heterocycles. The maximum absolute atomic E-state index is 12.9. The summed E-state index contributed by atoms with van der Waals surface area (Å²) >= 11 is 1.22. The van der Waals surface area contributed by atoms with Crippen molar-refractivity contribution in [1.82, 2.24) is 4.98 Å². The van der Waals surface area contributed by atoms with E-state index in [0.29, 0.717) is 15.3 Å². The Morgan fingerprint density at radius 3 is 2.79 bits per heavy atom. The summed E-state index contributed by atoms with van der Waals surface area (Å²) in [4.78, 5) is 3.99. The fourth-order valence-corrected chi connectivity index (χ4v) is 1.99. The van der Waals surface area contributed by atoms with Crippen LogP contribution in [0.25, 0.3) is 10.2 Å². The van der Waals surface area contributed by atoms with E-state index in [2.05, 4.69) is 4.98 Å². The fraction of sp³-hybridized carbons (Fsp3) is 0.222. The predicted molar refractivity (Wildman–Crippen MR) is 53.6 cm³/mol. The Bertz CT molecular complexity index is 473. The van der Waals surface area contributed by atoms with Crippen molar-refractivity contribution in [3.63, 3.8) is 0 Å². The number of nitrogen functional groups attached to an aromatic ring is 1. The van der Waals surface area contributed by atoms with Gasteiger partial charge in [0.05, 0.1) is 10.2 Å². The number of anilines is 1. The van der Waals surface area contributed by atoms with Gasteiger partial charge >= 0.3 is 0 Å². The van der Waals surface area contributed by atoms with Crippen LogP contribution in [0.15, 0.2) is 18.2 Å². The highest BCUT2D eigenvalue weighted by Gasteiger charge is 2.24. The molecular formula is C9H8F2N2S. The van der Waals surface area contributed by atoms with Crippen molar-refractivity contribution >= 4 is 26.7 Å². The highest BCUT2D eigenvalue weighted by atomic mass is 32.1. The van der Waals surface area contributed by atoms with Gasteiger partial charge in [0.2, 0.25) is 0 Å². The van der Waals surface area contributed by atoms with Gasteiger partial charge in [0.25, 0.3) is 5.92 Å². The topological polar surface area (TPSA) is 38.9 Å². The first-order chi connectivity index (χ1) is 6.47. The van der Waals surface area contributed by atoms with E-state index in [1.165, 1.54) is 23.5 Å². The number of rotatable bonds is 1. The number of benzene rings is 1. The standard InChI is InChI=1S/C9H8F2N2S/c1-9(10,11)5-2-3-6-7(4-5)14-8(12)13-6/h2-4H,1H3,(H2,12,13). The third kappa shape index (κ3) is 1.55. The summed E-state index contributed by atoms with van der Waals surface area (Å²) in [6, 6.07) is 4.37. The average molecular weight is 214 g/mol. The van der Waals surface area contributed by atoms with Crippen molar-refractivity contribution < 1.29 is 8.78 Å². The number of halogens is 2. The molecule has 0 amide bonds. The summed E-state index contributed by atoms with van der Waals surface area (Å²) in [5, 5.41) is 0.400. The first-order valence-electron chi connectivity index (χ1n) is 4.01. The molecule has 0 bridgehead atoms. The SMILES string of the molecule is CC(F)(F)c1ccc2nc(N)sc2c1. The van der Waals surface area contributed by atoms with Crippen LogP contribution in [0.4, 0.5) is 13.9 Å². The molecule has 0 fully saturated rings.